The van der Waals surface area contributed by atoms with Gasteiger partial charge >= 0.3 is 0 Å². The average molecular weight is 523 g/mol. The Balaban J connectivity index is 1.56. The molecule has 0 spiro atoms. The number of fused-ring (bicyclic) bond motifs is 1. The lowest BCUT2D eigenvalue weighted by Crippen LogP contribution is -2.60. The van der Waals surface area contributed by atoms with Gasteiger partial charge in [0.2, 0.25) is 0 Å². The molecule has 9 nitrogen and oxygen atoms in total. The highest BCUT2D eigenvalue weighted by atomic mass is 16.7. The number of ketones is 1. The molecule has 2 aliphatic heterocycles. The van der Waals surface area contributed by atoms with Crippen molar-refractivity contribution in [3.63, 3.8) is 0 Å². The molecule has 1 aliphatic carbocycles. The quantitative estimate of drug-likeness (QED) is 0.190. The van der Waals surface area contributed by atoms with E-state index in [2.05, 4.69) is 19.1 Å². The predicted octanol–water partition coefficient (Wildman–Crippen LogP) is 1.62. The molecule has 0 bridgehead atoms. The van der Waals surface area contributed by atoms with Crippen molar-refractivity contribution in [2.24, 2.45) is 0 Å². The summed E-state index contributed by atoms with van der Waals surface area (Å²) in [6.07, 6.45) is 3.65. The standard InChI is InChI=1S/C28H42O9/c1-16(8-6-10-18(3)14-29)7-5-9-17(2)11-12-28-21(31)13-19(4)25(26(28)37-28)36-27-24(34)23(33)22(32)20(15-30)35-27/h7,10-11,13,20,22-27,29-30,32-34H,5-6,8-9,12,14-15H2,1-4H3. The molecule has 2 heterocycles. The minimum absolute atomic E-state index is 0.0945. The van der Waals surface area contributed by atoms with Gasteiger partial charge in [0, 0.05) is 6.42 Å². The van der Waals surface area contributed by atoms with Gasteiger partial charge < -0.3 is 39.7 Å². The summed E-state index contributed by atoms with van der Waals surface area (Å²) in [5, 5.41) is 48.9. The van der Waals surface area contributed by atoms with Crippen molar-refractivity contribution in [1.82, 2.24) is 0 Å². The van der Waals surface area contributed by atoms with E-state index < -0.39 is 55.1 Å². The molecule has 0 aromatic carbocycles. The zero-order valence-corrected chi connectivity index (χ0v) is 22.2. The Bertz CT molecular complexity index is 934. The highest BCUT2D eigenvalue weighted by Crippen LogP contribution is 2.49. The molecule has 0 saturated carbocycles. The third-order valence-electron chi connectivity index (χ3n) is 7.43. The van der Waals surface area contributed by atoms with E-state index in [4.69, 9.17) is 19.3 Å². The number of ether oxygens (including phenoxy) is 3. The van der Waals surface area contributed by atoms with Crippen LogP contribution in [0, 0.1) is 0 Å². The van der Waals surface area contributed by atoms with Gasteiger partial charge in [0.25, 0.3) is 0 Å². The Morgan fingerprint density at radius 3 is 2.22 bits per heavy atom. The topological polar surface area (TPSA) is 149 Å². The van der Waals surface area contributed by atoms with Crippen molar-refractivity contribution in [2.75, 3.05) is 13.2 Å². The number of carbonyl (C=O) groups is 1. The fraction of sp³-hybridized carbons (Fsp3) is 0.679. The maximum Gasteiger partial charge on any atom is 0.190 e. The molecule has 3 aliphatic rings. The van der Waals surface area contributed by atoms with Crippen LogP contribution in [0.4, 0.5) is 0 Å². The molecule has 37 heavy (non-hydrogen) atoms. The van der Waals surface area contributed by atoms with Gasteiger partial charge in [-0.1, -0.05) is 34.9 Å². The van der Waals surface area contributed by atoms with E-state index >= 15 is 0 Å². The maximum absolute atomic E-state index is 12.8. The Labute approximate surface area is 218 Å². The number of hydrogen-bond acceptors (Lipinski definition) is 9. The number of allylic oxidation sites excluding steroid dienone is 4. The predicted molar refractivity (Wildman–Crippen MR) is 136 cm³/mol. The lowest BCUT2D eigenvalue weighted by Gasteiger charge is -2.41. The average Bonchev–Trinajstić information content (AvgIpc) is 3.61. The highest BCUT2D eigenvalue weighted by molar-refractivity contribution is 6.02. The van der Waals surface area contributed by atoms with E-state index in [1.807, 2.05) is 19.9 Å². The Morgan fingerprint density at radius 1 is 0.973 bits per heavy atom. The van der Waals surface area contributed by atoms with Crippen molar-refractivity contribution in [1.29, 1.82) is 0 Å². The highest BCUT2D eigenvalue weighted by Gasteiger charge is 2.67. The van der Waals surface area contributed by atoms with Crippen LogP contribution in [0.1, 0.15) is 59.8 Å². The number of rotatable bonds is 12. The lowest BCUT2D eigenvalue weighted by atomic mass is 9.84. The van der Waals surface area contributed by atoms with Crippen LogP contribution < -0.4 is 0 Å². The summed E-state index contributed by atoms with van der Waals surface area (Å²) < 4.78 is 17.3. The van der Waals surface area contributed by atoms with Crippen LogP contribution in [-0.4, -0.2) is 93.0 Å². The number of aliphatic hydroxyl groups is 5. The third kappa shape index (κ3) is 7.04. The summed E-state index contributed by atoms with van der Waals surface area (Å²) in [5.74, 6) is -0.130. The van der Waals surface area contributed by atoms with Gasteiger partial charge in [-0.3, -0.25) is 4.79 Å². The van der Waals surface area contributed by atoms with Gasteiger partial charge in [-0.2, -0.15) is 0 Å². The fourth-order valence-electron chi connectivity index (χ4n) is 4.80. The SMILES string of the molecule is CC(=CCCC(C)=CCCC(C)=CCC12OC1C(OC1OC(CO)C(O)C(O)C1O)C(C)=CC2=O)CO. The summed E-state index contributed by atoms with van der Waals surface area (Å²) in [5.41, 5.74) is 3.02. The first-order valence-corrected chi connectivity index (χ1v) is 13.0. The monoisotopic (exact) mass is 522 g/mol. The van der Waals surface area contributed by atoms with Crippen LogP contribution in [0.5, 0.6) is 0 Å². The third-order valence-corrected chi connectivity index (χ3v) is 7.43. The second-order valence-electron chi connectivity index (χ2n) is 10.5. The molecule has 0 amide bonds. The van der Waals surface area contributed by atoms with Gasteiger partial charge in [0.05, 0.1) is 13.2 Å². The van der Waals surface area contributed by atoms with Gasteiger partial charge in [0.1, 0.15) is 36.6 Å². The van der Waals surface area contributed by atoms with Crippen LogP contribution in [0.2, 0.25) is 0 Å². The molecule has 8 unspecified atom stereocenters. The number of aliphatic hydroxyl groups excluding tert-OH is 5. The van der Waals surface area contributed by atoms with Crippen molar-refractivity contribution in [2.45, 2.75) is 108 Å². The first-order chi connectivity index (χ1) is 17.5. The molecule has 5 N–H and O–H groups in total. The summed E-state index contributed by atoms with van der Waals surface area (Å²) in [7, 11) is 0. The van der Waals surface area contributed by atoms with Crippen LogP contribution in [0.25, 0.3) is 0 Å². The molecule has 208 valence electrons. The van der Waals surface area contributed by atoms with Crippen molar-refractivity contribution in [3.05, 3.63) is 46.6 Å². The molecule has 2 saturated heterocycles. The summed E-state index contributed by atoms with van der Waals surface area (Å²) in [4.78, 5) is 12.8. The minimum atomic E-state index is -1.54. The fourth-order valence-corrected chi connectivity index (χ4v) is 4.80. The maximum atomic E-state index is 12.8. The van der Waals surface area contributed by atoms with E-state index in [-0.39, 0.29) is 12.4 Å². The van der Waals surface area contributed by atoms with E-state index in [0.717, 1.165) is 36.8 Å². The second kappa shape index (κ2) is 12.9. The van der Waals surface area contributed by atoms with Gasteiger partial charge in [-0.25, -0.2) is 0 Å². The molecule has 9 heteroatoms. The Kier molecular flexibility index (Phi) is 10.4. The van der Waals surface area contributed by atoms with E-state index in [1.165, 1.54) is 11.6 Å². The summed E-state index contributed by atoms with van der Waals surface area (Å²) in [6.45, 7) is 7.32. The largest absolute Gasteiger partial charge is 0.394 e. The zero-order chi connectivity index (χ0) is 27.3. The van der Waals surface area contributed by atoms with E-state index in [9.17, 15) is 25.2 Å². The smallest absolute Gasteiger partial charge is 0.190 e. The summed E-state index contributed by atoms with van der Waals surface area (Å²) in [6, 6.07) is 0. The molecule has 3 rings (SSSR count). The summed E-state index contributed by atoms with van der Waals surface area (Å²) >= 11 is 0. The van der Waals surface area contributed by atoms with Crippen LogP contribution in [-0.2, 0) is 19.0 Å². The first-order valence-electron chi connectivity index (χ1n) is 13.0. The number of carbonyl (C=O) groups excluding carboxylic acids is 1. The normalized spacial score (nSPS) is 36.9. The molecule has 8 atom stereocenters. The zero-order valence-electron chi connectivity index (χ0n) is 22.2. The Morgan fingerprint density at radius 2 is 1.59 bits per heavy atom. The van der Waals surface area contributed by atoms with Crippen molar-refractivity contribution < 1.29 is 44.5 Å². The lowest BCUT2D eigenvalue weighted by molar-refractivity contribution is -0.309. The number of hydrogen-bond donors (Lipinski definition) is 5. The molecule has 2 fully saturated rings. The molecule has 0 radical (unpaired) electrons. The van der Waals surface area contributed by atoms with Gasteiger partial charge in [-0.15, -0.1) is 0 Å². The number of epoxide rings is 1. The van der Waals surface area contributed by atoms with Crippen LogP contribution in [0.3, 0.4) is 0 Å². The molecular weight excluding hydrogens is 480 g/mol. The molecule has 0 aromatic heterocycles. The molecule has 0 aromatic rings. The first kappa shape index (κ1) is 29.9. The van der Waals surface area contributed by atoms with Crippen molar-refractivity contribution in [3.8, 4) is 0 Å². The van der Waals surface area contributed by atoms with Crippen LogP contribution in [0.15, 0.2) is 46.6 Å². The van der Waals surface area contributed by atoms with E-state index in [1.54, 1.807) is 6.92 Å². The van der Waals surface area contributed by atoms with Gasteiger partial charge in [0.15, 0.2) is 17.7 Å². The minimum Gasteiger partial charge on any atom is -0.394 e. The Hall–Kier alpha value is -1.69. The second-order valence-corrected chi connectivity index (χ2v) is 10.5. The molecular formula is C28H42O9. The van der Waals surface area contributed by atoms with E-state index in [0.29, 0.717) is 12.0 Å². The van der Waals surface area contributed by atoms with Crippen molar-refractivity contribution >= 4 is 5.78 Å². The van der Waals surface area contributed by atoms with Gasteiger partial charge in [-0.05, 0) is 65.0 Å². The van der Waals surface area contributed by atoms with Crippen LogP contribution >= 0.6 is 0 Å².